The van der Waals surface area contributed by atoms with Crippen LogP contribution in [0.15, 0.2) is 23.2 Å². The number of hydrogen-bond donors (Lipinski definition) is 2. The number of hydrogen-bond acceptors (Lipinski definition) is 4. The second-order valence-corrected chi connectivity index (χ2v) is 7.05. The molecular formula is C19H20F4N2O3. The highest BCUT2D eigenvalue weighted by atomic mass is 19.4. The fraction of sp³-hybridized carbons (Fsp3) is 0.526. The predicted octanol–water partition coefficient (Wildman–Crippen LogP) is 3.77. The Kier molecular flexibility index (Phi) is 6.14. The zero-order chi connectivity index (χ0) is 21.3. The Morgan fingerprint density at radius 3 is 2.54 bits per heavy atom. The van der Waals surface area contributed by atoms with E-state index >= 15 is 0 Å². The van der Waals surface area contributed by atoms with Gasteiger partial charge in [-0.05, 0) is 44.4 Å². The third kappa shape index (κ3) is 3.74. The van der Waals surface area contributed by atoms with Crippen LogP contribution in [0, 0.1) is 28.5 Å². The van der Waals surface area contributed by atoms with Gasteiger partial charge < -0.3 is 10.2 Å². The Labute approximate surface area is 159 Å². The molecule has 0 radical (unpaired) electrons. The summed E-state index contributed by atoms with van der Waals surface area (Å²) in [5.74, 6) is -5.14. The number of nitrogens with zero attached hydrogens (tertiary/aromatic N) is 2. The maximum absolute atomic E-state index is 13.6. The Hall–Kier alpha value is -2.47. The fourth-order valence-electron chi connectivity index (χ4n) is 3.90. The molecule has 0 spiro atoms. The number of benzene rings is 1. The van der Waals surface area contributed by atoms with E-state index in [1.807, 2.05) is 6.07 Å². The number of halogens is 4. The van der Waals surface area contributed by atoms with Gasteiger partial charge in [0.1, 0.15) is 5.82 Å². The van der Waals surface area contributed by atoms with Crippen LogP contribution in [-0.4, -0.2) is 34.5 Å². The van der Waals surface area contributed by atoms with Crippen molar-refractivity contribution in [2.45, 2.75) is 44.8 Å². The first-order valence-electron chi connectivity index (χ1n) is 8.63. The molecule has 0 aromatic heterocycles. The van der Waals surface area contributed by atoms with E-state index in [0.717, 1.165) is 12.1 Å². The van der Waals surface area contributed by atoms with E-state index in [-0.39, 0.29) is 25.2 Å². The van der Waals surface area contributed by atoms with Crippen molar-refractivity contribution in [3.8, 4) is 6.07 Å². The summed E-state index contributed by atoms with van der Waals surface area (Å²) in [5.41, 5.74) is -3.39. The largest absolute Gasteiger partial charge is 0.481 e. The Morgan fingerprint density at radius 2 is 2.04 bits per heavy atom. The van der Waals surface area contributed by atoms with Gasteiger partial charge in [-0.15, -0.1) is 0 Å². The number of carboxylic acids is 1. The molecule has 0 amide bonds. The van der Waals surface area contributed by atoms with Crippen LogP contribution in [0.5, 0.6) is 0 Å². The normalized spacial score (nSPS) is 27.8. The molecule has 5 nitrogen and oxygen atoms in total. The number of nitriles is 1. The van der Waals surface area contributed by atoms with Crippen molar-refractivity contribution in [1.82, 2.24) is 0 Å². The SMILES string of the molecule is CC1=NC(CCCO)C(C)(C(=O)O)C(c2ccc(F)cc2C(F)(F)F)C1C#N. The van der Waals surface area contributed by atoms with Crippen LogP contribution in [0.2, 0.25) is 0 Å². The minimum atomic E-state index is -4.93. The lowest BCUT2D eigenvalue weighted by Crippen LogP contribution is -2.51. The lowest BCUT2D eigenvalue weighted by Gasteiger charge is -2.45. The van der Waals surface area contributed by atoms with Crippen LogP contribution in [0.1, 0.15) is 43.7 Å². The molecule has 4 atom stereocenters. The Balaban J connectivity index is 2.80. The summed E-state index contributed by atoms with van der Waals surface area (Å²) in [7, 11) is 0. The summed E-state index contributed by atoms with van der Waals surface area (Å²) in [5, 5.41) is 28.6. The molecule has 0 bridgehead atoms. The lowest BCUT2D eigenvalue weighted by atomic mass is 9.59. The smallest absolute Gasteiger partial charge is 0.416 e. The van der Waals surface area contributed by atoms with E-state index in [4.69, 9.17) is 5.11 Å². The summed E-state index contributed by atoms with van der Waals surface area (Å²) in [6.07, 6.45) is -4.61. The summed E-state index contributed by atoms with van der Waals surface area (Å²) in [6, 6.07) is 2.97. The number of rotatable bonds is 5. The second-order valence-electron chi connectivity index (χ2n) is 7.05. The van der Waals surface area contributed by atoms with Gasteiger partial charge in [-0.1, -0.05) is 6.07 Å². The van der Waals surface area contributed by atoms with Gasteiger partial charge in [0.15, 0.2) is 0 Å². The number of aliphatic carboxylic acids is 1. The summed E-state index contributed by atoms with van der Waals surface area (Å²) in [4.78, 5) is 16.5. The van der Waals surface area contributed by atoms with Gasteiger partial charge in [-0.2, -0.15) is 18.4 Å². The number of aliphatic hydroxyl groups is 1. The number of aliphatic imine (C=N–C) groups is 1. The maximum atomic E-state index is 13.6. The van der Waals surface area contributed by atoms with Crippen LogP contribution in [0.25, 0.3) is 0 Å². The zero-order valence-electron chi connectivity index (χ0n) is 15.3. The summed E-state index contributed by atoms with van der Waals surface area (Å²) in [6.45, 7) is 2.48. The molecule has 0 fully saturated rings. The monoisotopic (exact) mass is 400 g/mol. The van der Waals surface area contributed by atoms with Gasteiger partial charge in [0.2, 0.25) is 0 Å². The van der Waals surface area contributed by atoms with Crippen molar-refractivity contribution in [2.24, 2.45) is 16.3 Å². The van der Waals surface area contributed by atoms with E-state index in [0.29, 0.717) is 6.07 Å². The molecule has 1 aliphatic heterocycles. The van der Waals surface area contributed by atoms with Gasteiger partial charge in [-0.25, -0.2) is 4.39 Å². The van der Waals surface area contributed by atoms with E-state index in [9.17, 15) is 32.7 Å². The van der Waals surface area contributed by atoms with Crippen molar-refractivity contribution < 1.29 is 32.6 Å². The first-order chi connectivity index (χ1) is 13.0. The topological polar surface area (TPSA) is 93.7 Å². The van der Waals surface area contributed by atoms with E-state index in [1.54, 1.807) is 0 Å². The number of carboxylic acid groups (broad SMARTS) is 1. The van der Waals surface area contributed by atoms with E-state index < -0.39 is 52.4 Å². The van der Waals surface area contributed by atoms with Crippen molar-refractivity contribution in [1.29, 1.82) is 5.26 Å². The van der Waals surface area contributed by atoms with Crippen LogP contribution in [0.4, 0.5) is 17.6 Å². The fourth-order valence-corrected chi connectivity index (χ4v) is 3.90. The molecule has 2 N–H and O–H groups in total. The van der Waals surface area contributed by atoms with Crippen molar-refractivity contribution in [3.63, 3.8) is 0 Å². The minimum absolute atomic E-state index is 0.119. The molecule has 4 unspecified atom stereocenters. The van der Waals surface area contributed by atoms with Gasteiger partial charge >= 0.3 is 12.1 Å². The maximum Gasteiger partial charge on any atom is 0.416 e. The van der Waals surface area contributed by atoms with E-state index in [1.165, 1.54) is 13.8 Å². The molecule has 0 aliphatic carbocycles. The quantitative estimate of drug-likeness (QED) is 0.736. The molecule has 9 heteroatoms. The molecular weight excluding hydrogens is 380 g/mol. The first kappa shape index (κ1) is 21.8. The standard InChI is InChI=1S/C19H20F4N2O3/c1-10-13(9-24)16(12-6-5-11(20)8-14(12)19(21,22)23)18(2,17(27)28)15(25-10)4-3-7-26/h5-6,8,13,15-16,26H,3-4,7H2,1-2H3,(H,27,28). The van der Waals surface area contributed by atoms with Crippen molar-refractivity contribution in [3.05, 3.63) is 35.1 Å². The first-order valence-corrected chi connectivity index (χ1v) is 8.63. The third-order valence-electron chi connectivity index (χ3n) is 5.37. The van der Waals surface area contributed by atoms with Crippen LogP contribution in [-0.2, 0) is 11.0 Å². The number of aliphatic hydroxyl groups excluding tert-OH is 1. The molecule has 0 saturated carbocycles. The van der Waals surface area contributed by atoms with Gasteiger partial charge in [0.05, 0.1) is 29.0 Å². The molecule has 1 aromatic carbocycles. The van der Waals surface area contributed by atoms with Crippen molar-refractivity contribution in [2.75, 3.05) is 6.61 Å². The molecule has 1 aromatic rings. The minimum Gasteiger partial charge on any atom is -0.481 e. The number of alkyl halides is 3. The summed E-state index contributed by atoms with van der Waals surface area (Å²) < 4.78 is 54.4. The highest BCUT2D eigenvalue weighted by Crippen LogP contribution is 2.52. The van der Waals surface area contributed by atoms with Gasteiger partial charge in [0, 0.05) is 18.2 Å². The lowest BCUT2D eigenvalue weighted by molar-refractivity contribution is -0.153. The molecule has 2 rings (SSSR count). The van der Waals surface area contributed by atoms with E-state index in [2.05, 4.69) is 4.99 Å². The third-order valence-corrected chi connectivity index (χ3v) is 5.37. The molecule has 28 heavy (non-hydrogen) atoms. The number of carbonyl (C=O) groups is 1. The van der Waals surface area contributed by atoms with Crippen LogP contribution >= 0.6 is 0 Å². The molecule has 1 aliphatic rings. The average molecular weight is 400 g/mol. The highest BCUT2D eigenvalue weighted by Gasteiger charge is 2.56. The molecule has 1 heterocycles. The molecule has 152 valence electrons. The molecule has 0 saturated heterocycles. The van der Waals surface area contributed by atoms with Crippen LogP contribution in [0.3, 0.4) is 0 Å². The Bertz CT molecular complexity index is 831. The van der Waals surface area contributed by atoms with Gasteiger partial charge in [-0.3, -0.25) is 9.79 Å². The summed E-state index contributed by atoms with van der Waals surface area (Å²) >= 11 is 0. The van der Waals surface area contributed by atoms with Crippen LogP contribution < -0.4 is 0 Å². The predicted molar refractivity (Wildman–Crippen MR) is 92.2 cm³/mol. The second kappa shape index (κ2) is 7.87. The van der Waals surface area contributed by atoms with Gasteiger partial charge in [0.25, 0.3) is 0 Å². The zero-order valence-corrected chi connectivity index (χ0v) is 15.3. The average Bonchev–Trinajstić information content (AvgIpc) is 2.61. The highest BCUT2D eigenvalue weighted by molar-refractivity contribution is 5.92. The van der Waals surface area contributed by atoms with Crippen molar-refractivity contribution >= 4 is 11.7 Å². The Morgan fingerprint density at radius 1 is 1.39 bits per heavy atom.